The molecule has 1 saturated carbocycles. The van der Waals surface area contributed by atoms with Crippen LogP contribution < -0.4 is 22.1 Å². The molecule has 3 fully saturated rings. The summed E-state index contributed by atoms with van der Waals surface area (Å²) in [6.45, 7) is 6.84. The van der Waals surface area contributed by atoms with E-state index in [1.807, 2.05) is 12.1 Å². The molecule has 2 saturated heterocycles. The van der Waals surface area contributed by atoms with Gasteiger partial charge in [0.05, 0.1) is 5.69 Å². The van der Waals surface area contributed by atoms with Gasteiger partial charge < -0.3 is 16.0 Å². The van der Waals surface area contributed by atoms with Gasteiger partial charge in [0.2, 0.25) is 0 Å². The number of piperazine rings is 1. The van der Waals surface area contributed by atoms with Crippen LogP contribution in [0.4, 0.5) is 10.6 Å². The maximum Gasteiger partial charge on any atom is 0.354 e. The van der Waals surface area contributed by atoms with Crippen molar-refractivity contribution >= 4 is 11.8 Å². The minimum atomic E-state index is -0.418. The number of piperidine rings is 1. The Hall–Kier alpha value is -2.75. The van der Waals surface area contributed by atoms with Crippen molar-refractivity contribution in [2.75, 3.05) is 51.1 Å². The van der Waals surface area contributed by atoms with Crippen LogP contribution in [0.5, 0.6) is 0 Å². The molecule has 5 rings (SSSR count). The van der Waals surface area contributed by atoms with Crippen LogP contribution in [0.1, 0.15) is 5.56 Å². The quantitative estimate of drug-likeness (QED) is 0.639. The molecule has 0 radical (unpaired) electrons. The van der Waals surface area contributed by atoms with Crippen molar-refractivity contribution in [1.82, 2.24) is 24.7 Å². The summed E-state index contributed by atoms with van der Waals surface area (Å²) in [7, 11) is 0. The van der Waals surface area contributed by atoms with Crippen LogP contribution in [-0.2, 0) is 6.54 Å². The number of carbonyl (C=O) groups excluding carboxylic acids is 1. The number of fused-ring (bicyclic) bond motifs is 1. The first-order chi connectivity index (χ1) is 15.1. The number of anilines is 1. The lowest BCUT2D eigenvalue weighted by Gasteiger charge is -2.27. The Morgan fingerprint density at radius 3 is 2.48 bits per heavy atom. The van der Waals surface area contributed by atoms with Crippen LogP contribution in [0.25, 0.3) is 5.69 Å². The van der Waals surface area contributed by atoms with Crippen molar-refractivity contribution in [3.8, 4) is 5.69 Å². The molecule has 4 N–H and O–H groups in total. The molecule has 0 unspecified atom stereocenters. The summed E-state index contributed by atoms with van der Waals surface area (Å²) in [5.74, 6) is 2.59. The van der Waals surface area contributed by atoms with Gasteiger partial charge in [0.1, 0.15) is 5.82 Å². The van der Waals surface area contributed by atoms with E-state index in [1.54, 1.807) is 17.2 Å². The molecule has 2 aliphatic heterocycles. The molecule has 0 spiro atoms. The lowest BCUT2D eigenvalue weighted by Crippen LogP contribution is -2.48. The smallest absolute Gasteiger partial charge is 0.330 e. The second-order valence-corrected chi connectivity index (χ2v) is 8.72. The zero-order valence-corrected chi connectivity index (χ0v) is 17.5. The second-order valence-electron chi connectivity index (χ2n) is 8.72. The molecule has 3 atom stereocenters. The maximum atomic E-state index is 12.5. The van der Waals surface area contributed by atoms with Gasteiger partial charge >= 0.3 is 11.7 Å². The number of benzene rings is 1. The van der Waals surface area contributed by atoms with E-state index < -0.39 is 5.69 Å². The summed E-state index contributed by atoms with van der Waals surface area (Å²) in [5.41, 5.74) is 7.37. The molecule has 164 valence electrons. The lowest BCUT2D eigenvalue weighted by atomic mass is 10.1. The number of urea groups is 1. The number of nitrogens with one attached hydrogen (secondary N) is 2. The average molecular weight is 424 g/mol. The summed E-state index contributed by atoms with van der Waals surface area (Å²) >= 11 is 0. The summed E-state index contributed by atoms with van der Waals surface area (Å²) in [5, 5.41) is 5.92. The molecular weight excluding hydrogens is 394 g/mol. The molecule has 1 aromatic carbocycles. The molecule has 3 heterocycles. The van der Waals surface area contributed by atoms with Crippen LogP contribution in [0.2, 0.25) is 0 Å². The highest BCUT2D eigenvalue weighted by Crippen LogP contribution is 2.51. The summed E-state index contributed by atoms with van der Waals surface area (Å²) in [6.07, 6.45) is 1.65. The minimum Gasteiger partial charge on any atom is -0.330 e. The van der Waals surface area contributed by atoms with E-state index in [4.69, 9.17) is 5.73 Å². The highest BCUT2D eigenvalue weighted by molar-refractivity contribution is 5.88. The summed E-state index contributed by atoms with van der Waals surface area (Å²) < 4.78 is 1.49. The minimum absolute atomic E-state index is 0.229. The Kier molecular flexibility index (Phi) is 5.47. The number of amides is 2. The van der Waals surface area contributed by atoms with Crippen molar-refractivity contribution < 1.29 is 4.79 Å². The third kappa shape index (κ3) is 4.21. The van der Waals surface area contributed by atoms with Crippen LogP contribution >= 0.6 is 0 Å². The Morgan fingerprint density at radius 1 is 1.13 bits per heavy atom. The van der Waals surface area contributed by atoms with Gasteiger partial charge in [-0.3, -0.25) is 14.8 Å². The predicted molar refractivity (Wildman–Crippen MR) is 118 cm³/mol. The zero-order chi connectivity index (χ0) is 21.4. The van der Waals surface area contributed by atoms with Gasteiger partial charge in [-0.15, -0.1) is 0 Å². The van der Waals surface area contributed by atoms with Gasteiger partial charge in [0.15, 0.2) is 0 Å². The second kappa shape index (κ2) is 8.41. The van der Waals surface area contributed by atoms with Crippen molar-refractivity contribution in [2.45, 2.75) is 6.54 Å². The zero-order valence-electron chi connectivity index (χ0n) is 17.5. The number of nitrogens with zero attached hydrogens (tertiary/aromatic N) is 4. The molecule has 2 amide bonds. The number of carbonyl (C=O) groups is 1. The van der Waals surface area contributed by atoms with E-state index in [-0.39, 0.29) is 11.8 Å². The average Bonchev–Trinajstić information content (AvgIpc) is 3.27. The molecular formula is C22H29N7O2. The van der Waals surface area contributed by atoms with E-state index in [0.717, 1.165) is 62.7 Å². The number of hydrogen-bond acceptors (Lipinski definition) is 6. The van der Waals surface area contributed by atoms with E-state index in [2.05, 4.69) is 32.7 Å². The molecule has 9 heteroatoms. The van der Waals surface area contributed by atoms with Gasteiger partial charge in [-0.1, -0.05) is 12.1 Å². The largest absolute Gasteiger partial charge is 0.354 e. The number of nitrogens with two attached hydrogens (primary N) is 1. The fourth-order valence-electron chi connectivity index (χ4n) is 4.96. The van der Waals surface area contributed by atoms with E-state index in [1.165, 1.54) is 10.1 Å². The standard InChI is InChI=1S/C22H29N7O2/c23-11-17-18-13-27(14-19(17)18)12-15-1-3-16(4-2-15)29-8-5-20(26-22(29)31)25-21(30)28-9-6-24-7-10-28/h1-5,8,17-19,24H,6-7,9-14,23H2,(H,25,26,30,31)/t17-,18-,19+. The van der Waals surface area contributed by atoms with Gasteiger partial charge in [-0.2, -0.15) is 4.98 Å². The molecule has 0 bridgehead atoms. The molecule has 1 aromatic heterocycles. The highest BCUT2D eigenvalue weighted by atomic mass is 16.2. The number of rotatable bonds is 5. The van der Waals surface area contributed by atoms with Crippen LogP contribution in [0.3, 0.4) is 0 Å². The molecule has 9 nitrogen and oxygen atoms in total. The van der Waals surface area contributed by atoms with Gasteiger partial charge in [-0.25, -0.2) is 9.59 Å². The molecule has 31 heavy (non-hydrogen) atoms. The Balaban J connectivity index is 1.20. The topological polar surface area (TPSA) is 109 Å². The monoisotopic (exact) mass is 423 g/mol. The molecule has 1 aliphatic carbocycles. The highest BCUT2D eigenvalue weighted by Gasteiger charge is 2.54. The van der Waals surface area contributed by atoms with Crippen molar-refractivity contribution in [3.05, 3.63) is 52.6 Å². The first-order valence-corrected chi connectivity index (χ1v) is 11.0. The van der Waals surface area contributed by atoms with Gasteiger partial charge in [-0.05, 0) is 48.1 Å². The van der Waals surface area contributed by atoms with E-state index in [0.29, 0.717) is 13.1 Å². The fraction of sp³-hybridized carbons (Fsp3) is 0.500. The van der Waals surface area contributed by atoms with Crippen molar-refractivity contribution in [3.63, 3.8) is 0 Å². The molecule has 3 aliphatic rings. The number of hydrogen-bond donors (Lipinski definition) is 3. The Bertz CT molecular complexity index is 988. The van der Waals surface area contributed by atoms with E-state index >= 15 is 0 Å². The first-order valence-electron chi connectivity index (χ1n) is 11.0. The fourth-order valence-corrected chi connectivity index (χ4v) is 4.96. The van der Waals surface area contributed by atoms with Crippen LogP contribution in [0, 0.1) is 17.8 Å². The third-order valence-electron chi connectivity index (χ3n) is 6.78. The maximum absolute atomic E-state index is 12.5. The van der Waals surface area contributed by atoms with Crippen molar-refractivity contribution in [1.29, 1.82) is 0 Å². The van der Waals surface area contributed by atoms with Gasteiger partial charge in [0.25, 0.3) is 0 Å². The normalized spacial score (nSPS) is 25.3. The third-order valence-corrected chi connectivity index (χ3v) is 6.78. The van der Waals surface area contributed by atoms with Crippen LogP contribution in [-0.4, -0.2) is 71.2 Å². The lowest BCUT2D eigenvalue weighted by molar-refractivity contribution is 0.204. The molecule has 2 aromatic rings. The SMILES string of the molecule is NC[C@@H]1[C@H]2CN(Cc3ccc(-n4ccc(NC(=O)N5CCNCC5)nc4=O)cc3)C[C@@H]12. The number of likely N-dealkylation sites (tertiary alicyclic amines) is 1. The Morgan fingerprint density at radius 2 is 1.84 bits per heavy atom. The Labute approximate surface area is 181 Å². The van der Waals surface area contributed by atoms with Gasteiger partial charge in [0, 0.05) is 52.0 Å². The van der Waals surface area contributed by atoms with Crippen LogP contribution in [0.15, 0.2) is 41.3 Å². The van der Waals surface area contributed by atoms with Crippen molar-refractivity contribution in [2.24, 2.45) is 23.5 Å². The first kappa shape index (κ1) is 20.2. The summed E-state index contributed by atoms with van der Waals surface area (Å²) in [6, 6.07) is 9.43. The number of aromatic nitrogens is 2. The predicted octanol–water partition coefficient (Wildman–Crippen LogP) is 0.306. The van der Waals surface area contributed by atoms with E-state index in [9.17, 15) is 9.59 Å². The summed E-state index contributed by atoms with van der Waals surface area (Å²) in [4.78, 5) is 33.0.